The van der Waals surface area contributed by atoms with Crippen molar-refractivity contribution in [3.63, 3.8) is 0 Å². The molecule has 0 aliphatic carbocycles. The molecular formula is C16H21N3O5S. The van der Waals surface area contributed by atoms with Gasteiger partial charge in [0.05, 0.1) is 25.9 Å². The van der Waals surface area contributed by atoms with E-state index in [0.29, 0.717) is 36.7 Å². The molecule has 2 atom stereocenters. The Hall–Kier alpha value is -1.97. The van der Waals surface area contributed by atoms with Crippen LogP contribution in [-0.4, -0.2) is 63.3 Å². The van der Waals surface area contributed by atoms with E-state index in [9.17, 15) is 14.4 Å². The lowest BCUT2D eigenvalue weighted by atomic mass is 10.1. The second-order valence-electron chi connectivity index (χ2n) is 5.96. The second-order valence-corrected chi connectivity index (χ2v) is 6.85. The Balaban J connectivity index is 1.59. The number of hydrogen-bond donors (Lipinski definition) is 2. The first kappa shape index (κ1) is 17.8. The number of nitrogens with one attached hydrogen (secondary N) is 2. The number of nitrogens with zero attached hydrogens (tertiary/aromatic N) is 1. The van der Waals surface area contributed by atoms with Crippen LogP contribution in [0.4, 0.5) is 5.00 Å². The second kappa shape index (κ2) is 7.94. The quantitative estimate of drug-likeness (QED) is 0.719. The van der Waals surface area contributed by atoms with Gasteiger partial charge < -0.3 is 25.0 Å². The number of rotatable bonds is 5. The van der Waals surface area contributed by atoms with Gasteiger partial charge in [-0.2, -0.15) is 0 Å². The Bertz CT molecular complexity index is 656. The topological polar surface area (TPSA) is 97.0 Å². The highest BCUT2D eigenvalue weighted by Gasteiger charge is 2.36. The summed E-state index contributed by atoms with van der Waals surface area (Å²) in [4.78, 5) is 38.1. The molecular weight excluding hydrogens is 346 g/mol. The summed E-state index contributed by atoms with van der Waals surface area (Å²) in [6.07, 6.45) is 0.786. The molecule has 2 amide bonds. The highest BCUT2D eigenvalue weighted by molar-refractivity contribution is 7.14. The molecule has 0 spiro atoms. The van der Waals surface area contributed by atoms with Gasteiger partial charge in [0.2, 0.25) is 11.8 Å². The van der Waals surface area contributed by atoms with Crippen molar-refractivity contribution in [3.05, 3.63) is 17.0 Å². The monoisotopic (exact) mass is 367 g/mol. The van der Waals surface area contributed by atoms with Crippen LogP contribution in [0.25, 0.3) is 0 Å². The van der Waals surface area contributed by atoms with Crippen molar-refractivity contribution in [2.45, 2.75) is 24.9 Å². The summed E-state index contributed by atoms with van der Waals surface area (Å²) in [5.74, 6) is -0.851. The Kier molecular flexibility index (Phi) is 5.67. The van der Waals surface area contributed by atoms with E-state index in [1.165, 1.54) is 18.4 Å². The molecule has 0 aromatic carbocycles. The van der Waals surface area contributed by atoms with Crippen molar-refractivity contribution in [2.75, 3.05) is 38.3 Å². The van der Waals surface area contributed by atoms with Crippen molar-refractivity contribution >= 4 is 34.1 Å². The van der Waals surface area contributed by atoms with E-state index in [1.807, 2.05) is 0 Å². The fourth-order valence-electron chi connectivity index (χ4n) is 3.02. The van der Waals surface area contributed by atoms with Crippen molar-refractivity contribution in [3.8, 4) is 0 Å². The molecule has 2 unspecified atom stereocenters. The number of ether oxygens (including phenoxy) is 2. The molecule has 2 saturated heterocycles. The average molecular weight is 367 g/mol. The number of amides is 2. The molecule has 0 bridgehead atoms. The SMILES string of the molecule is COC(=O)c1ccsc1N1CCC(NC(=O)CC2COCCN2)C1=O. The van der Waals surface area contributed by atoms with Crippen LogP contribution in [0.15, 0.2) is 11.4 Å². The maximum atomic E-state index is 12.6. The van der Waals surface area contributed by atoms with Gasteiger partial charge in [0, 0.05) is 25.6 Å². The van der Waals surface area contributed by atoms with Crippen LogP contribution >= 0.6 is 11.3 Å². The van der Waals surface area contributed by atoms with Gasteiger partial charge in [-0.05, 0) is 17.9 Å². The normalized spacial score (nSPS) is 23.6. The summed E-state index contributed by atoms with van der Waals surface area (Å²) in [5.41, 5.74) is 0.372. The maximum absolute atomic E-state index is 12.6. The first-order valence-corrected chi connectivity index (χ1v) is 9.05. The van der Waals surface area contributed by atoms with Crippen molar-refractivity contribution < 1.29 is 23.9 Å². The number of morpholine rings is 1. The minimum absolute atomic E-state index is 0.0235. The molecule has 136 valence electrons. The Labute approximate surface area is 149 Å². The summed E-state index contributed by atoms with van der Waals surface area (Å²) in [6, 6.07) is 1.05. The standard InChI is InChI=1S/C16H21N3O5S/c1-23-16(22)11-3-7-25-15(11)19-5-2-12(14(19)21)18-13(20)8-10-9-24-6-4-17-10/h3,7,10,12,17H,2,4-6,8-9H2,1H3,(H,18,20). The fraction of sp³-hybridized carbons (Fsp3) is 0.562. The van der Waals surface area contributed by atoms with Crippen molar-refractivity contribution in [1.29, 1.82) is 0 Å². The van der Waals surface area contributed by atoms with E-state index in [0.717, 1.165) is 6.54 Å². The van der Waals surface area contributed by atoms with Crippen LogP contribution in [-0.2, 0) is 19.1 Å². The summed E-state index contributed by atoms with van der Waals surface area (Å²) in [7, 11) is 1.31. The predicted octanol–water partition coefficient (Wildman–Crippen LogP) is 0.135. The Morgan fingerprint density at radius 1 is 1.52 bits per heavy atom. The Morgan fingerprint density at radius 3 is 3.08 bits per heavy atom. The van der Waals surface area contributed by atoms with Gasteiger partial charge in [-0.25, -0.2) is 4.79 Å². The third kappa shape index (κ3) is 4.00. The average Bonchev–Trinajstić information content (AvgIpc) is 3.22. The minimum atomic E-state index is -0.565. The lowest BCUT2D eigenvalue weighted by molar-refractivity contribution is -0.127. The predicted molar refractivity (Wildman–Crippen MR) is 91.8 cm³/mol. The molecule has 1 aromatic heterocycles. The van der Waals surface area contributed by atoms with Gasteiger partial charge in [-0.3, -0.25) is 9.59 Å². The summed E-state index contributed by atoms with van der Waals surface area (Å²) >= 11 is 1.31. The van der Waals surface area contributed by atoms with Gasteiger partial charge in [-0.15, -0.1) is 11.3 Å². The summed E-state index contributed by atoms with van der Waals surface area (Å²) in [6.45, 7) is 2.33. The number of thiophene rings is 1. The van der Waals surface area contributed by atoms with Gasteiger partial charge >= 0.3 is 5.97 Å². The molecule has 0 radical (unpaired) electrons. The highest BCUT2D eigenvalue weighted by Crippen LogP contribution is 2.31. The number of carbonyl (C=O) groups excluding carboxylic acids is 3. The van der Waals surface area contributed by atoms with Crippen molar-refractivity contribution in [1.82, 2.24) is 10.6 Å². The molecule has 0 saturated carbocycles. The van der Waals surface area contributed by atoms with Gasteiger partial charge in [-0.1, -0.05) is 0 Å². The van der Waals surface area contributed by atoms with Gasteiger partial charge in [0.15, 0.2) is 0 Å². The third-order valence-corrected chi connectivity index (χ3v) is 5.20. The molecule has 8 nitrogen and oxygen atoms in total. The Morgan fingerprint density at radius 2 is 2.36 bits per heavy atom. The molecule has 2 aliphatic heterocycles. The molecule has 25 heavy (non-hydrogen) atoms. The molecule has 1 aromatic rings. The fourth-order valence-corrected chi connectivity index (χ4v) is 3.94. The van der Waals surface area contributed by atoms with E-state index in [2.05, 4.69) is 10.6 Å². The highest BCUT2D eigenvalue weighted by atomic mass is 32.1. The number of anilines is 1. The zero-order valence-corrected chi connectivity index (χ0v) is 14.8. The van der Waals surface area contributed by atoms with Crippen LogP contribution < -0.4 is 15.5 Å². The van der Waals surface area contributed by atoms with E-state index in [-0.39, 0.29) is 24.3 Å². The zero-order valence-electron chi connectivity index (χ0n) is 13.9. The van der Waals surface area contributed by atoms with Gasteiger partial charge in [0.1, 0.15) is 11.0 Å². The zero-order chi connectivity index (χ0) is 17.8. The smallest absolute Gasteiger partial charge is 0.340 e. The molecule has 2 fully saturated rings. The number of carbonyl (C=O) groups is 3. The first-order valence-electron chi connectivity index (χ1n) is 8.18. The lowest BCUT2D eigenvalue weighted by Crippen LogP contribution is -2.47. The summed E-state index contributed by atoms with van der Waals surface area (Å²) in [5, 5.41) is 8.32. The van der Waals surface area contributed by atoms with Crippen LogP contribution in [0.3, 0.4) is 0 Å². The van der Waals surface area contributed by atoms with E-state index in [4.69, 9.17) is 9.47 Å². The van der Waals surface area contributed by atoms with E-state index < -0.39 is 12.0 Å². The number of hydrogen-bond acceptors (Lipinski definition) is 7. The molecule has 3 rings (SSSR count). The third-order valence-electron chi connectivity index (χ3n) is 4.27. The van der Waals surface area contributed by atoms with Crippen LogP contribution in [0.5, 0.6) is 0 Å². The lowest BCUT2D eigenvalue weighted by Gasteiger charge is -2.23. The molecule has 3 heterocycles. The van der Waals surface area contributed by atoms with Crippen molar-refractivity contribution in [2.24, 2.45) is 0 Å². The number of esters is 1. The summed E-state index contributed by atoms with van der Waals surface area (Å²) < 4.78 is 10.1. The van der Waals surface area contributed by atoms with E-state index in [1.54, 1.807) is 16.3 Å². The van der Waals surface area contributed by atoms with Gasteiger partial charge in [0.25, 0.3) is 0 Å². The van der Waals surface area contributed by atoms with Crippen LogP contribution in [0.1, 0.15) is 23.2 Å². The van der Waals surface area contributed by atoms with E-state index >= 15 is 0 Å². The van der Waals surface area contributed by atoms with Crippen LogP contribution in [0.2, 0.25) is 0 Å². The minimum Gasteiger partial charge on any atom is -0.465 e. The first-order chi connectivity index (χ1) is 12.1. The largest absolute Gasteiger partial charge is 0.465 e. The number of methoxy groups -OCH3 is 1. The molecule has 9 heteroatoms. The molecule has 2 aliphatic rings. The molecule has 2 N–H and O–H groups in total. The maximum Gasteiger partial charge on any atom is 0.340 e. The van der Waals surface area contributed by atoms with Crippen LogP contribution in [0, 0.1) is 0 Å².